The lowest BCUT2D eigenvalue weighted by molar-refractivity contribution is 1.00. The van der Waals surface area contributed by atoms with Crippen molar-refractivity contribution in [2.75, 3.05) is 0 Å². The molecule has 18 aromatic rings. The molecular formula is C99H126N18. The number of hydrogen-bond acceptors (Lipinski definition) is 18. The highest BCUT2D eigenvalue weighted by molar-refractivity contribution is 5.86. The third kappa shape index (κ3) is 35.5. The summed E-state index contributed by atoms with van der Waals surface area (Å²) in [6.07, 6.45) is 17.5. The molecule has 9 aromatic carbocycles. The Bertz CT molecular complexity index is 4830. The molecule has 0 aliphatic rings. The van der Waals surface area contributed by atoms with Gasteiger partial charge in [0, 0.05) is 64.6 Å². The van der Waals surface area contributed by atoms with Crippen LogP contribution in [0, 0.1) is 62.3 Å². The monoisotopic (exact) mass is 1570 g/mol. The molecule has 0 unspecified atom stereocenters. The second kappa shape index (κ2) is 62.5. The Morgan fingerprint density at radius 1 is 0.179 bits per heavy atom. The number of aromatic nitrogens is 18. The maximum Gasteiger partial charge on any atom is 0.0958 e. The molecule has 0 spiro atoms. The lowest BCUT2D eigenvalue weighted by Crippen LogP contribution is -1.86. The fourth-order valence-corrected chi connectivity index (χ4v) is 10.2. The minimum Gasteiger partial charge on any atom is -0.159 e. The average molecular weight is 1570 g/mol. The van der Waals surface area contributed by atoms with Crippen LogP contribution >= 0.6 is 0 Å². The first-order valence-electron chi connectivity index (χ1n) is 40.9. The Kier molecular flexibility index (Phi) is 54.5. The molecule has 0 N–H and O–H groups in total. The van der Waals surface area contributed by atoms with Crippen molar-refractivity contribution in [1.29, 1.82) is 0 Å². The minimum absolute atomic E-state index is 0.957. The summed E-state index contributed by atoms with van der Waals surface area (Å²) >= 11 is 0. The third-order valence-electron chi connectivity index (χ3n) is 15.5. The van der Waals surface area contributed by atoms with Crippen LogP contribution in [0.5, 0.6) is 0 Å². The van der Waals surface area contributed by atoms with Crippen molar-refractivity contribution in [3.05, 3.63) is 325 Å². The van der Waals surface area contributed by atoms with Gasteiger partial charge in [-0.25, -0.2) is 0 Å². The Hall–Kier alpha value is -13.0. The Balaban J connectivity index is 0.000000642. The van der Waals surface area contributed by atoms with E-state index < -0.39 is 0 Å². The van der Waals surface area contributed by atoms with Crippen LogP contribution in [-0.4, -0.2) is 91.8 Å². The molecule has 18 nitrogen and oxygen atoms in total. The molecule has 9 heterocycles. The van der Waals surface area contributed by atoms with E-state index in [1.165, 1.54) is 60.5 Å². The van der Waals surface area contributed by atoms with Crippen LogP contribution in [0.2, 0.25) is 0 Å². The van der Waals surface area contributed by atoms with Gasteiger partial charge in [0.05, 0.1) is 106 Å². The summed E-state index contributed by atoms with van der Waals surface area (Å²) in [7, 11) is 0. The summed E-state index contributed by atoms with van der Waals surface area (Å²) < 4.78 is 0. The van der Waals surface area contributed by atoms with Gasteiger partial charge >= 0.3 is 0 Å². The Morgan fingerprint density at radius 2 is 0.564 bits per heavy atom. The smallest absolute Gasteiger partial charge is 0.0958 e. The van der Waals surface area contributed by atoms with Crippen molar-refractivity contribution in [1.82, 2.24) is 91.8 Å². The van der Waals surface area contributed by atoms with E-state index in [0.717, 1.165) is 87.6 Å². The molecule has 0 saturated carbocycles. The van der Waals surface area contributed by atoms with Crippen molar-refractivity contribution >= 4 is 97.7 Å². The number of fused-ring (bicyclic) bond motifs is 9. The van der Waals surface area contributed by atoms with E-state index >= 15 is 0 Å². The molecule has 0 aliphatic heterocycles. The van der Waals surface area contributed by atoms with Gasteiger partial charge in [0.1, 0.15) is 0 Å². The van der Waals surface area contributed by atoms with Crippen molar-refractivity contribution < 1.29 is 0 Å². The van der Waals surface area contributed by atoms with Gasteiger partial charge in [-0.2, -0.15) is 91.8 Å². The van der Waals surface area contributed by atoms with Gasteiger partial charge in [0.15, 0.2) is 0 Å². The topological polar surface area (TPSA) is 232 Å². The molecule has 612 valence electrons. The number of rotatable bonds is 0. The van der Waals surface area contributed by atoms with E-state index in [1.54, 1.807) is 62.0 Å². The van der Waals surface area contributed by atoms with Crippen LogP contribution in [0.25, 0.3) is 97.7 Å². The van der Waals surface area contributed by atoms with Crippen LogP contribution in [0.4, 0.5) is 0 Å². The third-order valence-corrected chi connectivity index (χ3v) is 15.5. The molecule has 0 saturated heterocycles. The fraction of sp³-hybridized carbons (Fsp3) is 0.273. The van der Waals surface area contributed by atoms with Crippen LogP contribution in [0.15, 0.2) is 274 Å². The highest BCUT2D eigenvalue weighted by Crippen LogP contribution is 2.20. The number of aryl methyl sites for hydroxylation is 9. The molecule has 117 heavy (non-hydrogen) atoms. The van der Waals surface area contributed by atoms with Gasteiger partial charge in [-0.3, -0.25) is 0 Å². The maximum absolute atomic E-state index is 4.03. The lowest BCUT2D eigenvalue weighted by Gasteiger charge is -1.97. The average Bonchev–Trinajstić information content (AvgIpc) is 0.894. The summed E-state index contributed by atoms with van der Waals surface area (Å²) in [5, 5.41) is 84.0. The molecule has 0 aliphatic carbocycles. The Labute approximate surface area is 697 Å². The number of hydrogen-bond donors (Lipinski definition) is 0. The zero-order valence-corrected chi connectivity index (χ0v) is 74.5. The molecular weight excluding hydrogens is 1440 g/mol. The molecule has 9 aromatic heterocycles. The van der Waals surface area contributed by atoms with E-state index in [4.69, 9.17) is 0 Å². The molecule has 0 atom stereocenters. The molecule has 18 heteroatoms. The van der Waals surface area contributed by atoms with Crippen molar-refractivity contribution in [2.45, 2.75) is 187 Å². The van der Waals surface area contributed by atoms with E-state index in [9.17, 15) is 0 Å². The Morgan fingerprint density at radius 3 is 1.18 bits per heavy atom. The normalized spacial score (nSPS) is 9.15. The number of benzene rings is 9. The first-order valence-corrected chi connectivity index (χ1v) is 40.9. The summed E-state index contributed by atoms with van der Waals surface area (Å²) in [4.78, 5) is 0. The van der Waals surface area contributed by atoms with Gasteiger partial charge < -0.3 is 0 Å². The summed E-state index contributed by atoms with van der Waals surface area (Å²) in [6.45, 7) is 54.3. The molecule has 0 bridgehead atoms. The van der Waals surface area contributed by atoms with Crippen molar-refractivity contribution in [3.8, 4) is 0 Å². The lowest BCUT2D eigenvalue weighted by atomic mass is 10.1. The van der Waals surface area contributed by atoms with Crippen LogP contribution in [0.1, 0.15) is 175 Å². The van der Waals surface area contributed by atoms with Gasteiger partial charge in [-0.1, -0.05) is 275 Å². The second-order valence-corrected chi connectivity index (χ2v) is 23.1. The first-order chi connectivity index (χ1) is 57.3. The second-order valence-electron chi connectivity index (χ2n) is 23.1. The van der Waals surface area contributed by atoms with Crippen LogP contribution in [-0.2, 0) is 0 Å². The van der Waals surface area contributed by atoms with Gasteiger partial charge in [0.2, 0.25) is 0 Å². The minimum atomic E-state index is 0.957. The van der Waals surface area contributed by atoms with E-state index in [2.05, 4.69) is 180 Å². The molecule has 0 fully saturated rings. The van der Waals surface area contributed by atoms with E-state index in [1.807, 2.05) is 311 Å². The summed E-state index contributed by atoms with van der Waals surface area (Å²) in [6, 6.07) is 70.8. The van der Waals surface area contributed by atoms with Crippen molar-refractivity contribution in [3.63, 3.8) is 0 Å². The summed E-state index contributed by atoms with van der Waals surface area (Å²) in [5.74, 6) is 0. The fourth-order valence-electron chi connectivity index (χ4n) is 10.2. The maximum atomic E-state index is 4.03. The predicted molar refractivity (Wildman–Crippen MR) is 501 cm³/mol. The van der Waals surface area contributed by atoms with Crippen LogP contribution in [0.3, 0.4) is 0 Å². The number of nitrogens with zero attached hydrogens (tertiary/aromatic N) is 18. The van der Waals surface area contributed by atoms with Gasteiger partial charge in [0.25, 0.3) is 0 Å². The predicted octanol–water partition coefficient (Wildman–Crippen LogP) is 26.7. The molecule has 0 amide bonds. The highest BCUT2D eigenvalue weighted by atomic mass is 15.1. The quantitative estimate of drug-likeness (QED) is 0.137. The molecule has 0 radical (unpaired) electrons. The van der Waals surface area contributed by atoms with Gasteiger partial charge in [-0.05, 0) is 163 Å². The first kappa shape index (κ1) is 102. The standard InChI is InChI=1S/9C9H8N2.9C2H6/c1-7-2-3-8-5-10-11-6-9(8)4-7;1-7-2-3-9-8(6-7)4-5-10-11-9;1-7-2-3-8-4-5-10-11-9(8)6-7;1-7-3-2-4-8-5-10-11-6-9(7)8;1-7-3-2-4-9-8(7)5-6-10-11-9;1-7-3-2-4-8-5-6-10-11-9(7)8;1-7-9-5-3-2-4-8(9)6-10-11-7;1-7-6-10-11-9-5-3-2-4-8(7)9;1-7-6-8-4-2-3-5-9(8)11-10-7;9*1-2/h9*2-6H,1H3;9*1-2H3. The van der Waals surface area contributed by atoms with Crippen molar-refractivity contribution in [2.24, 2.45) is 0 Å². The zero-order valence-electron chi connectivity index (χ0n) is 74.5. The van der Waals surface area contributed by atoms with E-state index in [0.29, 0.717) is 0 Å². The summed E-state index contributed by atoms with van der Waals surface area (Å²) in [5.41, 5.74) is 16.3. The van der Waals surface area contributed by atoms with Crippen LogP contribution < -0.4 is 0 Å². The molecule has 18 rings (SSSR count). The SMILES string of the molecule is CC.CC.CC.CC.CC.CC.CC.CC.CC.Cc1cc2ccccc2nn1.Cc1ccc2ccnnc2c1.Cc1ccc2cnncc2c1.Cc1ccc2nnccc2c1.Cc1cccc2ccnnc12.Cc1cccc2cnncc12.Cc1cccc2nnccc12.Cc1cnnc2ccccc12.Cc1nncc2ccccc12. The largest absolute Gasteiger partial charge is 0.159 e. The zero-order chi connectivity index (χ0) is 87.1. The van der Waals surface area contributed by atoms with E-state index in [-0.39, 0.29) is 0 Å². The highest BCUT2D eigenvalue weighted by Gasteiger charge is 2.01. The van der Waals surface area contributed by atoms with Gasteiger partial charge in [-0.15, -0.1) is 0 Å².